The van der Waals surface area contributed by atoms with Crippen molar-refractivity contribution in [2.45, 2.75) is 25.9 Å². The van der Waals surface area contributed by atoms with E-state index < -0.39 is 0 Å². The summed E-state index contributed by atoms with van der Waals surface area (Å²) in [5.41, 5.74) is 2.23. The fourth-order valence-corrected chi connectivity index (χ4v) is 1.96. The Morgan fingerprint density at radius 3 is 3.00 bits per heavy atom. The van der Waals surface area contributed by atoms with Crippen LogP contribution in [0.2, 0.25) is 5.02 Å². The first-order valence-electron chi connectivity index (χ1n) is 5.40. The average molecular weight is 239 g/mol. The molecule has 1 aromatic rings. The summed E-state index contributed by atoms with van der Waals surface area (Å²) in [5.74, 6) is 0.124. The van der Waals surface area contributed by atoms with Crippen LogP contribution in [0.5, 0.6) is 0 Å². The van der Waals surface area contributed by atoms with Crippen LogP contribution in [0.25, 0.3) is 0 Å². The summed E-state index contributed by atoms with van der Waals surface area (Å²) in [7, 11) is 0. The number of halogens is 1. The number of amides is 1. The van der Waals surface area contributed by atoms with Gasteiger partial charge in [-0.2, -0.15) is 0 Å². The number of hydrogen-bond acceptors (Lipinski definition) is 2. The minimum atomic E-state index is 0.124. The number of benzene rings is 1. The van der Waals surface area contributed by atoms with E-state index in [0.29, 0.717) is 6.42 Å². The first-order chi connectivity index (χ1) is 7.65. The van der Waals surface area contributed by atoms with E-state index in [4.69, 9.17) is 11.6 Å². The Balaban J connectivity index is 1.89. The molecule has 3 nitrogen and oxygen atoms in total. The molecule has 1 atom stereocenters. The zero-order chi connectivity index (χ0) is 11.5. The molecule has 0 spiro atoms. The van der Waals surface area contributed by atoms with Crippen molar-refractivity contribution in [1.29, 1.82) is 0 Å². The zero-order valence-electron chi connectivity index (χ0n) is 9.22. The molecule has 2 N–H and O–H groups in total. The maximum Gasteiger partial charge on any atom is 0.221 e. The number of hydrogen-bond donors (Lipinski definition) is 2. The maximum absolute atomic E-state index is 11.0. The molecule has 16 heavy (non-hydrogen) atoms. The Bertz CT molecular complexity index is 406. The minimum absolute atomic E-state index is 0.124. The molecular formula is C12H15ClN2O. The SMILES string of the molecule is Cc1ccc(CNC2CNC(=O)C2)cc1Cl. The van der Waals surface area contributed by atoms with Gasteiger partial charge >= 0.3 is 0 Å². The molecule has 1 aliphatic rings. The van der Waals surface area contributed by atoms with Crippen molar-refractivity contribution in [2.75, 3.05) is 6.54 Å². The minimum Gasteiger partial charge on any atom is -0.354 e. The second-order valence-corrected chi connectivity index (χ2v) is 4.58. The van der Waals surface area contributed by atoms with Crippen molar-refractivity contribution >= 4 is 17.5 Å². The van der Waals surface area contributed by atoms with Crippen LogP contribution >= 0.6 is 11.6 Å². The zero-order valence-corrected chi connectivity index (χ0v) is 9.97. The van der Waals surface area contributed by atoms with Gasteiger partial charge in [0.25, 0.3) is 0 Å². The van der Waals surface area contributed by atoms with Crippen molar-refractivity contribution in [3.8, 4) is 0 Å². The second-order valence-electron chi connectivity index (χ2n) is 4.17. The molecule has 1 heterocycles. The molecule has 2 rings (SSSR count). The highest BCUT2D eigenvalue weighted by Gasteiger charge is 2.20. The molecule has 0 bridgehead atoms. The van der Waals surface area contributed by atoms with Crippen LogP contribution in [0, 0.1) is 6.92 Å². The Morgan fingerprint density at radius 2 is 2.38 bits per heavy atom. The lowest BCUT2D eigenvalue weighted by Gasteiger charge is -2.10. The number of carbonyl (C=O) groups excluding carboxylic acids is 1. The maximum atomic E-state index is 11.0. The quantitative estimate of drug-likeness (QED) is 0.841. The lowest BCUT2D eigenvalue weighted by Crippen LogP contribution is -2.30. The Labute approximate surface area is 100 Å². The number of carbonyl (C=O) groups is 1. The molecule has 0 saturated carbocycles. The predicted octanol–water partition coefficient (Wildman–Crippen LogP) is 1.63. The van der Waals surface area contributed by atoms with Gasteiger partial charge in [0.2, 0.25) is 5.91 Å². The van der Waals surface area contributed by atoms with E-state index in [9.17, 15) is 4.79 Å². The van der Waals surface area contributed by atoms with Crippen molar-refractivity contribution in [1.82, 2.24) is 10.6 Å². The second kappa shape index (κ2) is 4.85. The number of rotatable bonds is 3. The Morgan fingerprint density at radius 1 is 1.56 bits per heavy atom. The van der Waals surface area contributed by atoms with Crippen LogP contribution in [0.3, 0.4) is 0 Å². The average Bonchev–Trinajstić information content (AvgIpc) is 2.66. The van der Waals surface area contributed by atoms with Gasteiger partial charge in [0.15, 0.2) is 0 Å². The smallest absolute Gasteiger partial charge is 0.221 e. The fourth-order valence-electron chi connectivity index (χ4n) is 1.76. The lowest BCUT2D eigenvalue weighted by atomic mass is 10.1. The van der Waals surface area contributed by atoms with Crippen molar-refractivity contribution in [3.63, 3.8) is 0 Å². The van der Waals surface area contributed by atoms with Gasteiger partial charge in [0, 0.05) is 30.6 Å². The summed E-state index contributed by atoms with van der Waals surface area (Å²) in [5, 5.41) is 6.92. The molecule has 0 aliphatic carbocycles. The predicted molar refractivity (Wildman–Crippen MR) is 64.4 cm³/mol. The molecule has 0 radical (unpaired) electrons. The van der Waals surface area contributed by atoms with E-state index in [1.807, 2.05) is 19.1 Å². The summed E-state index contributed by atoms with van der Waals surface area (Å²) < 4.78 is 0. The van der Waals surface area contributed by atoms with E-state index >= 15 is 0 Å². The van der Waals surface area contributed by atoms with Crippen molar-refractivity contribution in [2.24, 2.45) is 0 Å². The van der Waals surface area contributed by atoms with E-state index in [-0.39, 0.29) is 11.9 Å². The summed E-state index contributed by atoms with van der Waals surface area (Å²) >= 11 is 6.04. The van der Waals surface area contributed by atoms with E-state index in [2.05, 4.69) is 16.7 Å². The number of aryl methyl sites for hydroxylation is 1. The highest BCUT2D eigenvalue weighted by atomic mass is 35.5. The van der Waals surface area contributed by atoms with Gasteiger partial charge in [-0.05, 0) is 24.1 Å². The molecule has 0 aromatic heterocycles. The third kappa shape index (κ3) is 2.74. The molecule has 1 aliphatic heterocycles. The first-order valence-corrected chi connectivity index (χ1v) is 5.78. The summed E-state index contributed by atoms with van der Waals surface area (Å²) in [4.78, 5) is 11.0. The lowest BCUT2D eigenvalue weighted by molar-refractivity contribution is -0.119. The first kappa shape index (κ1) is 11.4. The molecule has 1 fully saturated rings. The Hall–Kier alpha value is -1.06. The van der Waals surface area contributed by atoms with Gasteiger partial charge in [-0.15, -0.1) is 0 Å². The van der Waals surface area contributed by atoms with E-state index in [1.165, 1.54) is 0 Å². The van der Waals surface area contributed by atoms with Crippen LogP contribution in [-0.4, -0.2) is 18.5 Å². The normalized spacial score (nSPS) is 19.9. The molecular weight excluding hydrogens is 224 g/mol. The molecule has 1 aromatic carbocycles. The summed E-state index contributed by atoms with van der Waals surface area (Å²) in [6.07, 6.45) is 0.569. The third-order valence-electron chi connectivity index (χ3n) is 2.81. The topological polar surface area (TPSA) is 41.1 Å². The van der Waals surface area contributed by atoms with Crippen molar-refractivity contribution in [3.05, 3.63) is 34.3 Å². The van der Waals surface area contributed by atoms with Crippen LogP contribution in [0.4, 0.5) is 0 Å². The summed E-state index contributed by atoms with van der Waals surface area (Å²) in [6, 6.07) is 6.27. The monoisotopic (exact) mass is 238 g/mol. The standard InChI is InChI=1S/C12H15ClN2O/c1-8-2-3-9(4-11(8)13)6-14-10-5-12(16)15-7-10/h2-4,10,14H,5-7H2,1H3,(H,15,16). The molecule has 1 saturated heterocycles. The molecule has 4 heteroatoms. The van der Waals surface area contributed by atoms with E-state index in [1.54, 1.807) is 0 Å². The highest BCUT2D eigenvalue weighted by molar-refractivity contribution is 6.31. The molecule has 1 unspecified atom stereocenters. The van der Waals surface area contributed by atoms with Gasteiger partial charge < -0.3 is 10.6 Å². The van der Waals surface area contributed by atoms with Gasteiger partial charge in [-0.1, -0.05) is 23.7 Å². The van der Waals surface area contributed by atoms with Crippen LogP contribution < -0.4 is 10.6 Å². The molecule has 1 amide bonds. The largest absolute Gasteiger partial charge is 0.354 e. The van der Waals surface area contributed by atoms with Crippen molar-refractivity contribution < 1.29 is 4.79 Å². The van der Waals surface area contributed by atoms with Crippen LogP contribution in [0.1, 0.15) is 17.5 Å². The van der Waals surface area contributed by atoms with Gasteiger partial charge in [0.1, 0.15) is 0 Å². The van der Waals surface area contributed by atoms with E-state index in [0.717, 1.165) is 29.2 Å². The Kier molecular flexibility index (Phi) is 3.46. The highest BCUT2D eigenvalue weighted by Crippen LogP contribution is 2.16. The van der Waals surface area contributed by atoms with Gasteiger partial charge in [0.05, 0.1) is 0 Å². The third-order valence-corrected chi connectivity index (χ3v) is 3.22. The summed E-state index contributed by atoms with van der Waals surface area (Å²) in [6.45, 7) is 3.46. The van der Waals surface area contributed by atoms with Gasteiger partial charge in [-0.3, -0.25) is 4.79 Å². The molecule has 86 valence electrons. The van der Waals surface area contributed by atoms with Gasteiger partial charge in [-0.25, -0.2) is 0 Å². The van der Waals surface area contributed by atoms with Crippen LogP contribution in [-0.2, 0) is 11.3 Å². The fraction of sp³-hybridized carbons (Fsp3) is 0.417. The number of nitrogens with one attached hydrogen (secondary N) is 2. The van der Waals surface area contributed by atoms with Crippen LogP contribution in [0.15, 0.2) is 18.2 Å².